The van der Waals surface area contributed by atoms with E-state index in [1.54, 1.807) is 35.6 Å². The molecule has 1 atom stereocenters. The van der Waals surface area contributed by atoms with Crippen LogP contribution in [0, 0.1) is 5.41 Å². The zero-order valence-electron chi connectivity index (χ0n) is 26.2. The number of halogens is 5. The molecule has 1 unspecified atom stereocenters. The molecular formula is C31H36F5N9O3. The van der Waals surface area contributed by atoms with Gasteiger partial charge in [-0.2, -0.15) is 18.2 Å². The Morgan fingerprint density at radius 3 is 2.44 bits per heavy atom. The third-order valence-electron chi connectivity index (χ3n) is 9.16. The molecule has 258 valence electrons. The summed E-state index contributed by atoms with van der Waals surface area (Å²) in [7, 11) is 1.46. The zero-order chi connectivity index (χ0) is 33.9. The average molecular weight is 678 g/mol. The molecule has 0 bridgehead atoms. The van der Waals surface area contributed by atoms with Gasteiger partial charge in [0.25, 0.3) is 6.43 Å². The minimum atomic E-state index is -4.61. The van der Waals surface area contributed by atoms with Crippen LogP contribution in [0.4, 0.5) is 44.3 Å². The average Bonchev–Trinajstić information content (AvgIpc) is 3.73. The highest BCUT2D eigenvalue weighted by Gasteiger charge is 2.45. The van der Waals surface area contributed by atoms with Crippen molar-refractivity contribution in [2.45, 2.75) is 63.2 Å². The Bertz CT molecular complexity index is 1550. The summed E-state index contributed by atoms with van der Waals surface area (Å²) in [5, 5.41) is 5.47. The molecule has 5 heterocycles. The van der Waals surface area contributed by atoms with Crippen LogP contribution in [-0.2, 0) is 10.9 Å². The standard InChI is InChI=1S/C31H36F5N9O3/c1-47-28-39-13-20(14-40-28)19-2-7-25(37-12-19)45(29(46)41-16-24(32)33)22-5-3-21(4-6-22)42-27-38-15-23(31(34,35)36)26(43-27)44-10-8-30(17-44)9-11-48-18-30/h2,7,12-15,21-22,24H,3-6,8-11,16-18H2,1H3,(H,41,46)(H,38,42,43)/t21-,22-,30?. The predicted molar refractivity (Wildman–Crippen MR) is 165 cm³/mol. The summed E-state index contributed by atoms with van der Waals surface area (Å²) in [5.41, 5.74) is 0.308. The van der Waals surface area contributed by atoms with E-state index in [2.05, 4.69) is 35.6 Å². The highest BCUT2D eigenvalue weighted by molar-refractivity contribution is 5.91. The van der Waals surface area contributed by atoms with Crippen molar-refractivity contribution < 1.29 is 36.2 Å². The van der Waals surface area contributed by atoms with Crippen LogP contribution < -0.4 is 25.2 Å². The maximum absolute atomic E-state index is 14.0. The quantitative estimate of drug-likeness (QED) is 0.293. The van der Waals surface area contributed by atoms with Gasteiger partial charge < -0.3 is 25.0 Å². The van der Waals surface area contributed by atoms with Crippen molar-refractivity contribution in [2.24, 2.45) is 5.41 Å². The molecule has 48 heavy (non-hydrogen) atoms. The number of anilines is 3. The number of rotatable bonds is 9. The normalized spacial score (nSPS) is 22.7. The second-order valence-electron chi connectivity index (χ2n) is 12.4. The SMILES string of the molecule is COc1ncc(-c2ccc(N(C(=O)NCC(F)F)[C@H]3CC[C@H](Nc4ncc(C(F)(F)F)c(N5CCC6(CCOC6)C5)n4)CC3)nc2)cn1. The molecule has 1 saturated carbocycles. The van der Waals surface area contributed by atoms with E-state index in [1.807, 2.05) is 0 Å². The Morgan fingerprint density at radius 2 is 1.81 bits per heavy atom. The summed E-state index contributed by atoms with van der Waals surface area (Å²) in [4.78, 5) is 37.2. The third-order valence-corrected chi connectivity index (χ3v) is 9.16. The van der Waals surface area contributed by atoms with E-state index in [9.17, 15) is 26.7 Å². The fraction of sp³-hybridized carbons (Fsp3) is 0.548. The topological polar surface area (TPSA) is 131 Å². The van der Waals surface area contributed by atoms with Gasteiger partial charge in [-0.05, 0) is 50.7 Å². The van der Waals surface area contributed by atoms with E-state index in [0.29, 0.717) is 63.1 Å². The lowest BCUT2D eigenvalue weighted by molar-refractivity contribution is -0.137. The first-order valence-electron chi connectivity index (χ1n) is 15.7. The molecule has 0 radical (unpaired) electrons. The molecule has 2 saturated heterocycles. The molecule has 2 N–H and O–H groups in total. The van der Waals surface area contributed by atoms with Crippen LogP contribution in [0.15, 0.2) is 36.9 Å². The van der Waals surface area contributed by atoms with Gasteiger partial charge in [-0.1, -0.05) is 0 Å². The van der Waals surface area contributed by atoms with Crippen molar-refractivity contribution in [3.63, 3.8) is 0 Å². The second-order valence-corrected chi connectivity index (χ2v) is 12.4. The number of methoxy groups -OCH3 is 1. The maximum atomic E-state index is 14.0. The van der Waals surface area contributed by atoms with Gasteiger partial charge in [-0.3, -0.25) is 4.90 Å². The summed E-state index contributed by atoms with van der Waals surface area (Å²) < 4.78 is 78.4. The Morgan fingerprint density at radius 1 is 1.06 bits per heavy atom. The number of hydrogen-bond acceptors (Lipinski definition) is 10. The van der Waals surface area contributed by atoms with E-state index >= 15 is 0 Å². The van der Waals surface area contributed by atoms with Crippen molar-refractivity contribution in [3.05, 3.63) is 42.5 Å². The summed E-state index contributed by atoms with van der Waals surface area (Å²) >= 11 is 0. The maximum Gasteiger partial charge on any atom is 0.421 e. The number of carbonyl (C=O) groups excluding carboxylic acids is 1. The molecule has 1 aliphatic carbocycles. The third kappa shape index (κ3) is 7.50. The van der Waals surface area contributed by atoms with Gasteiger partial charge in [-0.15, -0.1) is 0 Å². The highest BCUT2D eigenvalue weighted by atomic mass is 19.4. The minimum Gasteiger partial charge on any atom is -0.467 e. The van der Waals surface area contributed by atoms with Gasteiger partial charge in [-0.25, -0.2) is 33.5 Å². The first-order chi connectivity index (χ1) is 23.0. The molecule has 3 aromatic rings. The number of alkyl halides is 5. The minimum absolute atomic E-state index is 0.0939. The van der Waals surface area contributed by atoms with Gasteiger partial charge in [0, 0.05) is 73.1 Å². The van der Waals surface area contributed by atoms with Gasteiger partial charge in [0.2, 0.25) is 5.95 Å². The van der Waals surface area contributed by atoms with E-state index < -0.39 is 30.7 Å². The van der Waals surface area contributed by atoms with E-state index in [1.165, 1.54) is 12.0 Å². The van der Waals surface area contributed by atoms with Gasteiger partial charge in [0.05, 0.1) is 20.3 Å². The number of amides is 2. The van der Waals surface area contributed by atoms with Crippen LogP contribution in [0.1, 0.15) is 44.1 Å². The molecule has 6 rings (SSSR count). The Kier molecular flexibility index (Phi) is 9.75. The summed E-state index contributed by atoms with van der Waals surface area (Å²) in [6.45, 7) is 1.19. The van der Waals surface area contributed by atoms with Crippen LogP contribution in [0.3, 0.4) is 0 Å². The van der Waals surface area contributed by atoms with Crippen LogP contribution in [0.2, 0.25) is 0 Å². The van der Waals surface area contributed by atoms with Crippen molar-refractivity contribution in [1.82, 2.24) is 30.2 Å². The van der Waals surface area contributed by atoms with Crippen molar-refractivity contribution in [1.29, 1.82) is 0 Å². The molecule has 2 amide bonds. The van der Waals surface area contributed by atoms with E-state index in [4.69, 9.17) is 9.47 Å². The fourth-order valence-corrected chi connectivity index (χ4v) is 6.61. The second kappa shape index (κ2) is 14.0. The Balaban J connectivity index is 1.15. The van der Waals surface area contributed by atoms with Crippen LogP contribution in [0.5, 0.6) is 6.01 Å². The number of aromatic nitrogens is 5. The Hall–Kier alpha value is -4.41. The fourth-order valence-electron chi connectivity index (χ4n) is 6.61. The molecule has 3 aliphatic rings. The summed E-state index contributed by atoms with van der Waals surface area (Å²) in [5.74, 6) is 0.231. The Labute approximate surface area is 273 Å². The zero-order valence-corrected chi connectivity index (χ0v) is 26.2. The van der Waals surface area contributed by atoms with Crippen molar-refractivity contribution in [3.8, 4) is 17.1 Å². The van der Waals surface area contributed by atoms with Gasteiger partial charge in [0.1, 0.15) is 17.2 Å². The van der Waals surface area contributed by atoms with Gasteiger partial charge >= 0.3 is 18.2 Å². The lowest BCUT2D eigenvalue weighted by Crippen LogP contribution is -2.50. The number of pyridine rings is 1. The number of nitrogens with one attached hydrogen (secondary N) is 2. The van der Waals surface area contributed by atoms with E-state index in [-0.39, 0.29) is 41.1 Å². The van der Waals surface area contributed by atoms with Crippen molar-refractivity contribution >= 4 is 23.6 Å². The monoisotopic (exact) mass is 677 g/mol. The van der Waals surface area contributed by atoms with Crippen LogP contribution in [0.25, 0.3) is 11.1 Å². The largest absolute Gasteiger partial charge is 0.467 e. The number of ether oxygens (including phenoxy) is 2. The predicted octanol–water partition coefficient (Wildman–Crippen LogP) is 5.18. The number of hydrogen-bond donors (Lipinski definition) is 2. The highest BCUT2D eigenvalue weighted by Crippen LogP contribution is 2.43. The molecule has 2 aliphatic heterocycles. The first kappa shape index (κ1) is 33.5. The molecule has 12 nitrogen and oxygen atoms in total. The number of carbonyl (C=O) groups is 1. The number of nitrogens with zero attached hydrogens (tertiary/aromatic N) is 7. The molecule has 1 spiro atoms. The lowest BCUT2D eigenvalue weighted by atomic mass is 9.87. The van der Waals surface area contributed by atoms with Crippen molar-refractivity contribution in [2.75, 3.05) is 55.1 Å². The molecular weight excluding hydrogens is 641 g/mol. The van der Waals surface area contributed by atoms with Crippen LogP contribution in [-0.4, -0.2) is 89.4 Å². The molecule has 0 aromatic carbocycles. The molecule has 3 fully saturated rings. The smallest absolute Gasteiger partial charge is 0.421 e. The van der Waals surface area contributed by atoms with E-state index in [0.717, 1.165) is 19.0 Å². The summed E-state index contributed by atoms with van der Waals surface area (Å²) in [6, 6.07) is 2.31. The van der Waals surface area contributed by atoms with Gasteiger partial charge in [0.15, 0.2) is 0 Å². The molecule has 3 aromatic heterocycles. The summed E-state index contributed by atoms with van der Waals surface area (Å²) in [6.07, 6.45) is 1.69. The lowest BCUT2D eigenvalue weighted by Gasteiger charge is -2.36. The number of urea groups is 1. The molecule has 17 heteroatoms. The first-order valence-corrected chi connectivity index (χ1v) is 15.7. The van der Waals surface area contributed by atoms with Crippen LogP contribution >= 0.6 is 0 Å².